The summed E-state index contributed by atoms with van der Waals surface area (Å²) in [7, 11) is 1.36. The first-order valence-corrected chi connectivity index (χ1v) is 9.10. The molecule has 0 radical (unpaired) electrons. The number of methoxy groups -OCH3 is 1. The van der Waals surface area contributed by atoms with Crippen molar-refractivity contribution in [1.29, 1.82) is 0 Å². The van der Waals surface area contributed by atoms with Crippen molar-refractivity contribution < 1.29 is 9.53 Å². The van der Waals surface area contributed by atoms with E-state index in [4.69, 9.17) is 4.74 Å². The van der Waals surface area contributed by atoms with Crippen LogP contribution in [0.15, 0.2) is 54.9 Å². The van der Waals surface area contributed by atoms with Gasteiger partial charge in [-0.1, -0.05) is 6.92 Å². The lowest BCUT2D eigenvalue weighted by Gasteiger charge is -2.14. The van der Waals surface area contributed by atoms with Crippen molar-refractivity contribution in [2.45, 2.75) is 26.3 Å². The summed E-state index contributed by atoms with van der Waals surface area (Å²) in [5.41, 5.74) is 3.04. The second-order valence-electron chi connectivity index (χ2n) is 6.35. The van der Waals surface area contributed by atoms with Gasteiger partial charge in [0.05, 0.1) is 18.4 Å². The first-order valence-electron chi connectivity index (χ1n) is 9.10. The zero-order valence-electron chi connectivity index (χ0n) is 16.1. The van der Waals surface area contributed by atoms with Crippen LogP contribution in [0.5, 0.6) is 0 Å². The summed E-state index contributed by atoms with van der Waals surface area (Å²) in [6.07, 6.45) is 4.43. The summed E-state index contributed by atoms with van der Waals surface area (Å²) in [6, 6.07) is 13.0. The fourth-order valence-electron chi connectivity index (χ4n) is 2.52. The van der Waals surface area contributed by atoms with Gasteiger partial charge < -0.3 is 15.4 Å². The number of nitrogens with one attached hydrogen (secondary N) is 2. The second kappa shape index (κ2) is 8.94. The fourth-order valence-corrected chi connectivity index (χ4v) is 2.52. The molecule has 7 heteroatoms. The average molecular weight is 377 g/mol. The van der Waals surface area contributed by atoms with Gasteiger partial charge in [0.1, 0.15) is 5.82 Å². The Morgan fingerprint density at radius 3 is 2.46 bits per heavy atom. The van der Waals surface area contributed by atoms with Crippen molar-refractivity contribution in [1.82, 2.24) is 15.0 Å². The molecule has 28 heavy (non-hydrogen) atoms. The molecule has 0 aliphatic heterocycles. The summed E-state index contributed by atoms with van der Waals surface area (Å²) >= 11 is 0. The number of esters is 1. The number of pyridine rings is 1. The Morgan fingerprint density at radius 2 is 1.82 bits per heavy atom. The summed E-state index contributed by atoms with van der Waals surface area (Å²) in [4.78, 5) is 24.9. The maximum Gasteiger partial charge on any atom is 0.337 e. The van der Waals surface area contributed by atoms with Gasteiger partial charge in [0.2, 0.25) is 5.95 Å². The second-order valence-corrected chi connectivity index (χ2v) is 6.35. The number of hydrogen-bond acceptors (Lipinski definition) is 7. The lowest BCUT2D eigenvalue weighted by molar-refractivity contribution is 0.0601. The Hall–Kier alpha value is -3.48. The average Bonchev–Trinajstić information content (AvgIpc) is 2.74. The number of rotatable bonds is 7. The minimum Gasteiger partial charge on any atom is -0.465 e. The van der Waals surface area contributed by atoms with Crippen molar-refractivity contribution >= 4 is 23.4 Å². The molecular weight excluding hydrogens is 354 g/mol. The van der Waals surface area contributed by atoms with Crippen LogP contribution < -0.4 is 10.6 Å². The van der Waals surface area contributed by atoms with E-state index in [1.54, 1.807) is 24.5 Å². The molecule has 3 rings (SSSR count). The van der Waals surface area contributed by atoms with Gasteiger partial charge >= 0.3 is 5.97 Å². The molecule has 0 amide bonds. The zero-order chi connectivity index (χ0) is 19.9. The molecule has 1 atom stereocenters. The van der Waals surface area contributed by atoms with E-state index >= 15 is 0 Å². The number of hydrogen-bond donors (Lipinski definition) is 2. The molecule has 0 spiro atoms. The molecule has 0 bridgehead atoms. The molecular formula is C21H23N5O2. The van der Waals surface area contributed by atoms with E-state index in [2.05, 4.69) is 39.4 Å². The van der Waals surface area contributed by atoms with Gasteiger partial charge in [0.15, 0.2) is 0 Å². The first kappa shape index (κ1) is 19.3. The first-order chi connectivity index (χ1) is 13.6. The van der Waals surface area contributed by atoms with Gasteiger partial charge in [0, 0.05) is 35.8 Å². The molecule has 0 aliphatic rings. The highest BCUT2D eigenvalue weighted by Gasteiger charge is 2.10. The molecule has 3 aromatic rings. The van der Waals surface area contributed by atoms with E-state index in [1.165, 1.54) is 7.11 Å². The number of ether oxygens (including phenoxy) is 1. The molecule has 2 heterocycles. The highest BCUT2D eigenvalue weighted by atomic mass is 16.5. The molecule has 7 nitrogen and oxygen atoms in total. The van der Waals surface area contributed by atoms with E-state index in [-0.39, 0.29) is 12.0 Å². The van der Waals surface area contributed by atoms with Crippen LogP contribution in [-0.4, -0.2) is 34.1 Å². The standard InChI is InChI=1S/C21H23N5O2/c1-4-14(2)23-21-25-18(15-9-11-22-12-10-15)13-19(26-21)24-17-7-5-16(6-8-17)20(27)28-3/h5-14H,4H2,1-3H3,(H2,23,24,25,26)/t14-/m0/s1. The van der Waals surface area contributed by atoms with Crippen LogP contribution >= 0.6 is 0 Å². The Balaban J connectivity index is 1.90. The van der Waals surface area contributed by atoms with Crippen LogP contribution in [0.25, 0.3) is 11.3 Å². The number of benzene rings is 1. The van der Waals surface area contributed by atoms with Gasteiger partial charge in [-0.3, -0.25) is 4.98 Å². The van der Waals surface area contributed by atoms with Gasteiger partial charge in [-0.05, 0) is 49.7 Å². The van der Waals surface area contributed by atoms with Gasteiger partial charge in [0.25, 0.3) is 0 Å². The highest BCUT2D eigenvalue weighted by molar-refractivity contribution is 5.89. The van der Waals surface area contributed by atoms with Crippen molar-refractivity contribution in [3.8, 4) is 11.3 Å². The number of anilines is 3. The van der Waals surface area contributed by atoms with Crippen molar-refractivity contribution in [3.63, 3.8) is 0 Å². The lowest BCUT2D eigenvalue weighted by Crippen LogP contribution is -2.16. The minimum atomic E-state index is -0.367. The number of carbonyl (C=O) groups is 1. The van der Waals surface area contributed by atoms with Crippen LogP contribution in [-0.2, 0) is 4.74 Å². The van der Waals surface area contributed by atoms with Crippen LogP contribution in [0, 0.1) is 0 Å². The number of carbonyl (C=O) groups excluding carboxylic acids is 1. The minimum absolute atomic E-state index is 0.250. The lowest BCUT2D eigenvalue weighted by atomic mass is 10.2. The van der Waals surface area contributed by atoms with E-state index < -0.39 is 0 Å². The van der Waals surface area contributed by atoms with Crippen LogP contribution in [0.2, 0.25) is 0 Å². The summed E-state index contributed by atoms with van der Waals surface area (Å²) in [6.45, 7) is 4.19. The third kappa shape index (κ3) is 4.82. The number of nitrogens with zero attached hydrogens (tertiary/aromatic N) is 3. The normalized spacial score (nSPS) is 11.5. The molecule has 144 valence electrons. The predicted molar refractivity (Wildman–Crippen MR) is 110 cm³/mol. The van der Waals surface area contributed by atoms with Crippen molar-refractivity contribution in [3.05, 3.63) is 60.4 Å². The maximum atomic E-state index is 11.6. The molecule has 0 saturated heterocycles. The topological polar surface area (TPSA) is 89.0 Å². The number of aromatic nitrogens is 3. The largest absolute Gasteiger partial charge is 0.465 e. The van der Waals surface area contributed by atoms with Crippen molar-refractivity contribution in [2.75, 3.05) is 17.7 Å². The summed E-state index contributed by atoms with van der Waals surface area (Å²) in [5, 5.41) is 6.59. The van der Waals surface area contributed by atoms with Gasteiger partial charge in [-0.15, -0.1) is 0 Å². The Kier molecular flexibility index (Phi) is 6.16. The van der Waals surface area contributed by atoms with E-state index in [0.29, 0.717) is 17.3 Å². The zero-order valence-corrected chi connectivity index (χ0v) is 16.1. The van der Waals surface area contributed by atoms with Crippen molar-refractivity contribution in [2.24, 2.45) is 0 Å². The van der Waals surface area contributed by atoms with Gasteiger partial charge in [-0.2, -0.15) is 4.98 Å². The maximum absolute atomic E-state index is 11.6. The molecule has 0 aliphatic carbocycles. The predicted octanol–water partition coefficient (Wildman–Crippen LogP) is 4.28. The van der Waals surface area contributed by atoms with Crippen LogP contribution in [0.3, 0.4) is 0 Å². The highest BCUT2D eigenvalue weighted by Crippen LogP contribution is 2.24. The smallest absolute Gasteiger partial charge is 0.337 e. The van der Waals surface area contributed by atoms with Crippen LogP contribution in [0.4, 0.5) is 17.5 Å². The SMILES string of the molecule is CC[C@H](C)Nc1nc(Nc2ccc(C(=O)OC)cc2)cc(-c2ccncc2)n1. The Morgan fingerprint density at radius 1 is 1.11 bits per heavy atom. The van der Waals surface area contributed by atoms with Gasteiger partial charge in [-0.25, -0.2) is 9.78 Å². The molecule has 0 saturated carbocycles. The molecule has 2 aromatic heterocycles. The molecule has 1 aromatic carbocycles. The monoisotopic (exact) mass is 377 g/mol. The Labute approximate surface area is 164 Å². The quantitative estimate of drug-likeness (QED) is 0.594. The van der Waals surface area contributed by atoms with Crippen LogP contribution in [0.1, 0.15) is 30.6 Å². The molecule has 0 fully saturated rings. The Bertz CT molecular complexity index is 929. The van der Waals surface area contributed by atoms with E-state index in [0.717, 1.165) is 23.4 Å². The third-order valence-electron chi connectivity index (χ3n) is 4.27. The summed E-state index contributed by atoms with van der Waals surface area (Å²) < 4.78 is 4.73. The van der Waals surface area contributed by atoms with E-state index in [1.807, 2.05) is 30.3 Å². The summed E-state index contributed by atoms with van der Waals surface area (Å²) in [5.74, 6) is 0.837. The third-order valence-corrected chi connectivity index (χ3v) is 4.27. The molecule has 0 unspecified atom stereocenters. The van der Waals surface area contributed by atoms with E-state index in [9.17, 15) is 4.79 Å². The fraction of sp³-hybridized carbons (Fsp3) is 0.238. The molecule has 2 N–H and O–H groups in total.